The van der Waals surface area contributed by atoms with Crippen LogP contribution < -0.4 is 0 Å². The second kappa shape index (κ2) is 16.1. The Labute approximate surface area is 391 Å². The smallest absolute Gasteiger partial charge is 0.160 e. The first-order chi connectivity index (χ1) is 33.2. The highest BCUT2D eigenvalue weighted by Crippen LogP contribution is 2.58. The molecule has 2 aromatic heterocycles. The molecule has 0 aliphatic heterocycles. The zero-order chi connectivity index (χ0) is 44.3. The minimum atomic E-state index is -0.00597. The van der Waals surface area contributed by atoms with Gasteiger partial charge in [-0.1, -0.05) is 201 Å². The summed E-state index contributed by atoms with van der Waals surface area (Å²) in [5.74, 6) is 0.717. The van der Waals surface area contributed by atoms with Crippen molar-refractivity contribution in [1.29, 1.82) is 0 Å². The molecule has 1 fully saturated rings. The van der Waals surface area contributed by atoms with Crippen molar-refractivity contribution >= 4 is 21.8 Å². The Balaban J connectivity index is 0.890. The minimum Gasteiger partial charge on any atom is -0.309 e. The number of nitrogens with zero attached hydrogens (tertiary/aromatic N) is 3. The van der Waals surface area contributed by atoms with Crippen LogP contribution in [0, 0.1) is 0 Å². The Morgan fingerprint density at radius 1 is 0.328 bits per heavy atom. The van der Waals surface area contributed by atoms with Crippen LogP contribution in [0.25, 0.3) is 106 Å². The number of rotatable bonds is 7. The van der Waals surface area contributed by atoms with Gasteiger partial charge in [0.25, 0.3) is 0 Å². The van der Waals surface area contributed by atoms with Crippen LogP contribution in [0.1, 0.15) is 43.2 Å². The molecule has 3 heteroatoms. The number of para-hydroxylation sites is 1. The standard InChI is InChI=1S/C64H47N3/c1-5-16-43(17-6-1)45-28-32-49(33-29-45)63-65-59(47-20-9-3-10-21-47)42-60(66-63)48-30-26-46(27-31-48)51-34-35-53-55-41-62-56(40-58(55)64(57(53)39-51)36-13-4-14-37-64)54-24-11-12-25-61(54)67(62)52-23-15-22-50(38-52)44-18-7-2-8-19-44/h1-3,5-12,15-35,38-42H,4,13-14,36-37H2. The number of fused-ring (bicyclic) bond motifs is 8. The predicted octanol–water partition coefficient (Wildman–Crippen LogP) is 16.8. The number of benzene rings is 9. The van der Waals surface area contributed by atoms with Crippen molar-refractivity contribution in [3.8, 4) is 84.1 Å². The van der Waals surface area contributed by atoms with E-state index < -0.39 is 0 Å². The van der Waals surface area contributed by atoms with Gasteiger partial charge in [-0.2, -0.15) is 0 Å². The summed E-state index contributed by atoms with van der Waals surface area (Å²) in [5.41, 5.74) is 21.7. The van der Waals surface area contributed by atoms with Crippen molar-refractivity contribution in [2.75, 3.05) is 0 Å². The van der Waals surface area contributed by atoms with E-state index in [2.05, 4.69) is 223 Å². The zero-order valence-electron chi connectivity index (χ0n) is 37.2. The lowest BCUT2D eigenvalue weighted by atomic mass is 9.67. The van der Waals surface area contributed by atoms with Crippen LogP contribution in [-0.2, 0) is 5.41 Å². The molecular formula is C64H47N3. The third-order valence-corrected chi connectivity index (χ3v) is 14.6. The van der Waals surface area contributed by atoms with E-state index >= 15 is 0 Å². The molecule has 0 unspecified atom stereocenters. The molecule has 2 aliphatic carbocycles. The first-order valence-electron chi connectivity index (χ1n) is 23.8. The molecule has 0 saturated heterocycles. The molecule has 1 saturated carbocycles. The average Bonchev–Trinajstić information content (AvgIpc) is 3.87. The van der Waals surface area contributed by atoms with Gasteiger partial charge in [0.1, 0.15) is 0 Å². The highest BCUT2D eigenvalue weighted by atomic mass is 15.0. The number of aromatic nitrogens is 3. The van der Waals surface area contributed by atoms with Gasteiger partial charge in [-0.3, -0.25) is 0 Å². The van der Waals surface area contributed by atoms with Crippen molar-refractivity contribution in [3.63, 3.8) is 0 Å². The van der Waals surface area contributed by atoms with Gasteiger partial charge in [0, 0.05) is 38.6 Å². The summed E-state index contributed by atoms with van der Waals surface area (Å²) >= 11 is 0. The van der Waals surface area contributed by atoms with E-state index in [1.165, 1.54) is 115 Å². The van der Waals surface area contributed by atoms with E-state index in [-0.39, 0.29) is 5.41 Å². The van der Waals surface area contributed by atoms with Crippen LogP contribution in [0.5, 0.6) is 0 Å². The van der Waals surface area contributed by atoms with Gasteiger partial charge in [-0.15, -0.1) is 0 Å². The molecule has 11 aromatic rings. The van der Waals surface area contributed by atoms with Crippen molar-refractivity contribution in [3.05, 3.63) is 236 Å². The summed E-state index contributed by atoms with van der Waals surface area (Å²) in [5, 5.41) is 2.64. The van der Waals surface area contributed by atoms with Gasteiger partial charge in [0.2, 0.25) is 0 Å². The first-order valence-corrected chi connectivity index (χ1v) is 23.8. The van der Waals surface area contributed by atoms with Crippen LogP contribution in [0.15, 0.2) is 224 Å². The Bertz CT molecular complexity index is 3620. The monoisotopic (exact) mass is 857 g/mol. The second-order valence-corrected chi connectivity index (χ2v) is 18.4. The quantitative estimate of drug-likeness (QED) is 0.160. The second-order valence-electron chi connectivity index (χ2n) is 18.4. The van der Waals surface area contributed by atoms with Crippen LogP contribution in [0.4, 0.5) is 0 Å². The zero-order valence-corrected chi connectivity index (χ0v) is 37.2. The third kappa shape index (κ3) is 6.72. The molecule has 67 heavy (non-hydrogen) atoms. The molecule has 1 spiro atoms. The Kier molecular flexibility index (Phi) is 9.42. The predicted molar refractivity (Wildman–Crippen MR) is 278 cm³/mol. The van der Waals surface area contributed by atoms with E-state index in [1.54, 1.807) is 0 Å². The van der Waals surface area contributed by atoms with Gasteiger partial charge in [0.15, 0.2) is 5.82 Å². The number of hydrogen-bond donors (Lipinski definition) is 0. The van der Waals surface area contributed by atoms with E-state index in [0.717, 1.165) is 28.1 Å². The van der Waals surface area contributed by atoms with Crippen LogP contribution in [0.2, 0.25) is 0 Å². The summed E-state index contributed by atoms with van der Waals surface area (Å²) in [6.07, 6.45) is 6.13. The highest BCUT2D eigenvalue weighted by Gasteiger charge is 2.44. The van der Waals surface area contributed by atoms with Crippen molar-refractivity contribution in [2.24, 2.45) is 0 Å². The lowest BCUT2D eigenvalue weighted by molar-refractivity contribution is 0.353. The SMILES string of the molecule is c1ccc(-c2ccc(-c3nc(-c4ccccc4)cc(-c4ccc(-c5ccc6c(c5)C5(CCCCC5)c5cc7c8ccccc8n(-c8cccc(-c9ccccc9)c8)c7cc5-6)cc4)n3)cc2)cc1. The molecule has 9 aromatic carbocycles. The summed E-state index contributed by atoms with van der Waals surface area (Å²) in [6, 6.07) is 81.8. The fourth-order valence-electron chi connectivity index (χ4n) is 11.3. The lowest BCUT2D eigenvalue weighted by Gasteiger charge is -2.36. The third-order valence-electron chi connectivity index (χ3n) is 14.6. The molecule has 0 amide bonds. The Morgan fingerprint density at radius 2 is 0.836 bits per heavy atom. The Morgan fingerprint density at radius 3 is 1.54 bits per heavy atom. The first kappa shape index (κ1) is 39.2. The maximum Gasteiger partial charge on any atom is 0.160 e. The van der Waals surface area contributed by atoms with E-state index in [1.807, 2.05) is 6.07 Å². The summed E-state index contributed by atoms with van der Waals surface area (Å²) in [7, 11) is 0. The summed E-state index contributed by atoms with van der Waals surface area (Å²) in [4.78, 5) is 10.3. The highest BCUT2D eigenvalue weighted by molar-refractivity contribution is 6.11. The van der Waals surface area contributed by atoms with Gasteiger partial charge < -0.3 is 4.57 Å². The fraction of sp³-hybridized carbons (Fsp3) is 0.0938. The fourth-order valence-corrected chi connectivity index (χ4v) is 11.3. The van der Waals surface area contributed by atoms with Crippen molar-refractivity contribution in [2.45, 2.75) is 37.5 Å². The van der Waals surface area contributed by atoms with Crippen molar-refractivity contribution < 1.29 is 0 Å². The normalized spacial score (nSPS) is 13.8. The molecule has 2 aliphatic rings. The van der Waals surface area contributed by atoms with E-state index in [4.69, 9.17) is 9.97 Å². The maximum absolute atomic E-state index is 5.20. The number of hydrogen-bond acceptors (Lipinski definition) is 2. The molecule has 2 heterocycles. The molecule has 318 valence electrons. The topological polar surface area (TPSA) is 30.7 Å². The lowest BCUT2D eigenvalue weighted by Crippen LogP contribution is -2.28. The Hall–Kier alpha value is -8.14. The van der Waals surface area contributed by atoms with E-state index in [0.29, 0.717) is 5.82 Å². The molecule has 0 atom stereocenters. The van der Waals surface area contributed by atoms with Gasteiger partial charge in [-0.25, -0.2) is 9.97 Å². The minimum absolute atomic E-state index is 0.00597. The van der Waals surface area contributed by atoms with Gasteiger partial charge in [-0.05, 0) is 111 Å². The average molecular weight is 858 g/mol. The molecule has 0 bridgehead atoms. The van der Waals surface area contributed by atoms with Gasteiger partial charge >= 0.3 is 0 Å². The summed E-state index contributed by atoms with van der Waals surface area (Å²) < 4.78 is 2.49. The maximum atomic E-state index is 5.20. The molecule has 13 rings (SSSR count). The van der Waals surface area contributed by atoms with Crippen LogP contribution in [0.3, 0.4) is 0 Å². The van der Waals surface area contributed by atoms with Gasteiger partial charge in [0.05, 0.1) is 22.4 Å². The molecule has 0 N–H and O–H groups in total. The van der Waals surface area contributed by atoms with Crippen LogP contribution >= 0.6 is 0 Å². The summed E-state index contributed by atoms with van der Waals surface area (Å²) in [6.45, 7) is 0. The molecule has 3 nitrogen and oxygen atoms in total. The van der Waals surface area contributed by atoms with Crippen molar-refractivity contribution in [1.82, 2.24) is 14.5 Å². The molecular weight excluding hydrogens is 811 g/mol. The van der Waals surface area contributed by atoms with Crippen LogP contribution in [-0.4, -0.2) is 14.5 Å². The molecule has 0 radical (unpaired) electrons. The largest absolute Gasteiger partial charge is 0.309 e. The van der Waals surface area contributed by atoms with E-state index in [9.17, 15) is 0 Å².